The maximum atomic E-state index is 11.3. The van der Waals surface area contributed by atoms with Crippen molar-refractivity contribution >= 4 is 33.7 Å². The Morgan fingerprint density at radius 1 is 1.18 bits per heavy atom. The van der Waals surface area contributed by atoms with E-state index in [1.165, 1.54) is 12.1 Å². The molecule has 3 rings (SSSR count). The van der Waals surface area contributed by atoms with E-state index in [1.807, 2.05) is 0 Å². The van der Waals surface area contributed by atoms with E-state index >= 15 is 0 Å². The molecule has 1 aromatic heterocycles. The first kappa shape index (κ1) is 10.3. The first-order valence-electron chi connectivity index (χ1n) is 4.39. The predicted octanol–water partition coefficient (Wildman–Crippen LogP) is 0.602. The molecule has 0 radical (unpaired) electrons. The van der Waals surface area contributed by atoms with Gasteiger partial charge in [0, 0.05) is 0 Å². The van der Waals surface area contributed by atoms with Crippen molar-refractivity contribution in [3.63, 3.8) is 0 Å². The van der Waals surface area contributed by atoms with Gasteiger partial charge < -0.3 is 18.3 Å². The lowest BCUT2D eigenvalue weighted by molar-refractivity contribution is 0.437. The Balaban J connectivity index is 2.46. The standard InChI is InChI=1S/C8H4N2O5S2/c11-7-8(16)10-5-3(9-7)1-2-4-6(5)15-17(12,13)14-4/h1-2H,(H,9,11)(H,10,16). The van der Waals surface area contributed by atoms with Gasteiger partial charge in [-0.3, -0.25) is 4.79 Å². The highest BCUT2D eigenvalue weighted by Crippen LogP contribution is 2.39. The molecule has 9 heteroatoms. The van der Waals surface area contributed by atoms with Crippen LogP contribution in [0.15, 0.2) is 16.9 Å². The summed E-state index contributed by atoms with van der Waals surface area (Å²) in [7, 11) is -4.07. The van der Waals surface area contributed by atoms with E-state index in [2.05, 4.69) is 18.3 Å². The maximum Gasteiger partial charge on any atom is 0.501 e. The molecule has 0 aliphatic carbocycles. The smallest absolute Gasteiger partial charge is 0.349 e. The van der Waals surface area contributed by atoms with Crippen LogP contribution in [0.4, 0.5) is 0 Å². The Morgan fingerprint density at radius 3 is 2.71 bits per heavy atom. The zero-order valence-electron chi connectivity index (χ0n) is 8.01. The van der Waals surface area contributed by atoms with E-state index in [0.717, 1.165) is 0 Å². The lowest BCUT2D eigenvalue weighted by Crippen LogP contribution is -2.09. The largest absolute Gasteiger partial charge is 0.501 e. The summed E-state index contributed by atoms with van der Waals surface area (Å²) >= 11 is 4.76. The third-order valence-corrected chi connectivity index (χ3v) is 3.23. The van der Waals surface area contributed by atoms with Gasteiger partial charge in [0.1, 0.15) is 5.52 Å². The van der Waals surface area contributed by atoms with Crippen LogP contribution >= 0.6 is 12.2 Å². The number of aromatic nitrogens is 2. The highest BCUT2D eigenvalue weighted by Gasteiger charge is 2.30. The Kier molecular flexibility index (Phi) is 1.86. The van der Waals surface area contributed by atoms with Crippen LogP contribution in [0, 0.1) is 4.64 Å². The monoisotopic (exact) mass is 272 g/mol. The molecule has 0 saturated carbocycles. The van der Waals surface area contributed by atoms with Crippen molar-refractivity contribution in [2.75, 3.05) is 0 Å². The molecular weight excluding hydrogens is 268 g/mol. The molecule has 2 N–H and O–H groups in total. The minimum Gasteiger partial charge on any atom is -0.349 e. The molecule has 0 fully saturated rings. The number of rotatable bonds is 0. The van der Waals surface area contributed by atoms with Crippen molar-refractivity contribution in [3.05, 3.63) is 27.1 Å². The fraction of sp³-hybridized carbons (Fsp3) is 0. The second-order valence-electron chi connectivity index (χ2n) is 3.30. The molecule has 0 amide bonds. The van der Waals surface area contributed by atoms with Crippen molar-refractivity contribution in [2.45, 2.75) is 0 Å². The summed E-state index contributed by atoms with van der Waals surface area (Å²) < 4.78 is 31.4. The molecule has 0 atom stereocenters. The van der Waals surface area contributed by atoms with E-state index in [4.69, 9.17) is 12.2 Å². The molecule has 88 valence electrons. The molecule has 7 nitrogen and oxygen atoms in total. The van der Waals surface area contributed by atoms with Crippen molar-refractivity contribution < 1.29 is 16.8 Å². The van der Waals surface area contributed by atoms with Gasteiger partial charge in [0.25, 0.3) is 5.56 Å². The molecule has 1 aliphatic heterocycles. The van der Waals surface area contributed by atoms with E-state index < -0.39 is 16.0 Å². The van der Waals surface area contributed by atoms with Gasteiger partial charge in [-0.25, -0.2) is 0 Å². The number of benzene rings is 1. The van der Waals surface area contributed by atoms with Gasteiger partial charge in [-0.1, -0.05) is 12.2 Å². The van der Waals surface area contributed by atoms with Crippen LogP contribution in [0.2, 0.25) is 0 Å². The van der Waals surface area contributed by atoms with Crippen LogP contribution in [0.1, 0.15) is 0 Å². The van der Waals surface area contributed by atoms with Gasteiger partial charge in [-0.05, 0) is 12.1 Å². The quantitative estimate of drug-likeness (QED) is 0.681. The minimum atomic E-state index is -4.07. The molecule has 0 saturated heterocycles. The van der Waals surface area contributed by atoms with Crippen molar-refractivity contribution in [1.29, 1.82) is 0 Å². The molecule has 2 heterocycles. The summed E-state index contributed by atoms with van der Waals surface area (Å²) in [6, 6.07) is 2.88. The average Bonchev–Trinajstić information content (AvgIpc) is 2.55. The second kappa shape index (κ2) is 3.08. The second-order valence-corrected chi connectivity index (χ2v) is 4.86. The maximum absolute atomic E-state index is 11.3. The number of fused-ring (bicyclic) bond motifs is 3. The van der Waals surface area contributed by atoms with Gasteiger partial charge in [0.05, 0.1) is 5.52 Å². The summed E-state index contributed by atoms with van der Waals surface area (Å²) in [4.78, 5) is 16.4. The van der Waals surface area contributed by atoms with Crippen LogP contribution in [0.25, 0.3) is 11.0 Å². The van der Waals surface area contributed by atoms with E-state index in [0.29, 0.717) is 5.52 Å². The first-order chi connectivity index (χ1) is 7.96. The third kappa shape index (κ3) is 1.51. The average molecular weight is 272 g/mol. The zero-order chi connectivity index (χ0) is 12.2. The highest BCUT2D eigenvalue weighted by atomic mass is 32.3. The normalized spacial score (nSPS) is 16.2. The molecule has 1 aliphatic rings. The van der Waals surface area contributed by atoms with E-state index in [1.54, 1.807) is 0 Å². The summed E-state index contributed by atoms with van der Waals surface area (Å²) in [6.45, 7) is 0. The molecule has 1 aromatic carbocycles. The number of nitrogens with one attached hydrogen (secondary N) is 2. The van der Waals surface area contributed by atoms with Crippen LogP contribution in [0.5, 0.6) is 11.5 Å². The summed E-state index contributed by atoms with van der Waals surface area (Å²) in [5, 5.41) is 0. The number of hydrogen-bond acceptors (Lipinski definition) is 6. The Bertz CT molecular complexity index is 848. The lowest BCUT2D eigenvalue weighted by Gasteiger charge is -1.99. The number of hydrogen-bond donors (Lipinski definition) is 2. The van der Waals surface area contributed by atoms with E-state index in [9.17, 15) is 13.2 Å². The van der Waals surface area contributed by atoms with Crippen molar-refractivity contribution in [1.82, 2.24) is 9.97 Å². The fourth-order valence-corrected chi connectivity index (χ4v) is 2.43. The molecule has 0 spiro atoms. The molecule has 0 unspecified atom stereocenters. The predicted molar refractivity (Wildman–Crippen MR) is 59.9 cm³/mol. The Morgan fingerprint density at radius 2 is 1.94 bits per heavy atom. The van der Waals surface area contributed by atoms with Crippen molar-refractivity contribution in [2.24, 2.45) is 0 Å². The van der Waals surface area contributed by atoms with Gasteiger partial charge in [-0.15, -0.1) is 8.42 Å². The van der Waals surface area contributed by atoms with Gasteiger partial charge >= 0.3 is 10.4 Å². The van der Waals surface area contributed by atoms with Crippen LogP contribution in [-0.2, 0) is 10.4 Å². The number of aromatic amines is 2. The fourth-order valence-electron chi connectivity index (χ4n) is 1.52. The lowest BCUT2D eigenvalue weighted by atomic mass is 10.2. The SMILES string of the molecule is O=c1[nH]c2ccc3c(c2[nH]c1=S)OS(=O)(=O)O3. The molecular formula is C8H4N2O5S2. The van der Waals surface area contributed by atoms with Crippen molar-refractivity contribution in [3.8, 4) is 11.5 Å². The van der Waals surface area contributed by atoms with Crippen LogP contribution in [0.3, 0.4) is 0 Å². The van der Waals surface area contributed by atoms with Gasteiger partial charge in [0.2, 0.25) is 5.75 Å². The minimum absolute atomic E-state index is 0.00940. The first-order valence-corrected chi connectivity index (χ1v) is 6.14. The molecule has 0 bridgehead atoms. The number of H-pyrrole nitrogens is 2. The molecule has 17 heavy (non-hydrogen) atoms. The zero-order valence-corrected chi connectivity index (χ0v) is 9.65. The topological polar surface area (TPSA) is 101 Å². The Labute approximate surface area is 99.3 Å². The van der Waals surface area contributed by atoms with Gasteiger partial charge in [0.15, 0.2) is 10.4 Å². The summed E-state index contributed by atoms with van der Waals surface area (Å²) in [6.07, 6.45) is 0. The summed E-state index contributed by atoms with van der Waals surface area (Å²) in [5.74, 6) is 0.0417. The van der Waals surface area contributed by atoms with Crippen LogP contribution in [-0.4, -0.2) is 18.4 Å². The van der Waals surface area contributed by atoms with Crippen LogP contribution < -0.4 is 13.9 Å². The third-order valence-electron chi connectivity index (χ3n) is 2.19. The van der Waals surface area contributed by atoms with E-state index in [-0.39, 0.29) is 21.7 Å². The van der Waals surface area contributed by atoms with Gasteiger partial charge in [-0.2, -0.15) is 0 Å². The Hall–Kier alpha value is -1.87. The molecule has 2 aromatic rings. The summed E-state index contributed by atoms with van der Waals surface area (Å²) in [5.41, 5.74) is 0.186. The highest BCUT2D eigenvalue weighted by molar-refractivity contribution is 7.82.